The molecule has 10 heteroatoms. The first-order chi connectivity index (χ1) is 17.9. The van der Waals surface area contributed by atoms with Crippen LogP contribution in [0.1, 0.15) is 46.5 Å². The maximum absolute atomic E-state index is 11.9. The number of aliphatic hydroxyl groups excluding tert-OH is 4. The lowest BCUT2D eigenvalue weighted by Gasteiger charge is -2.60. The number of esters is 2. The van der Waals surface area contributed by atoms with Gasteiger partial charge in [-0.2, -0.15) is 0 Å². The molecule has 10 atom stereocenters. The third-order valence-electron chi connectivity index (χ3n) is 9.12. The molecule has 2 aliphatic heterocycles. The second kappa shape index (κ2) is 11.2. The van der Waals surface area contributed by atoms with Crippen LogP contribution in [-0.2, 0) is 28.5 Å². The fourth-order valence-electron chi connectivity index (χ4n) is 6.95. The van der Waals surface area contributed by atoms with E-state index in [1.807, 2.05) is 13.0 Å². The molecule has 10 nitrogen and oxygen atoms in total. The van der Waals surface area contributed by atoms with Crippen molar-refractivity contribution in [1.29, 1.82) is 0 Å². The van der Waals surface area contributed by atoms with Gasteiger partial charge in [0.2, 0.25) is 0 Å². The monoisotopic (exact) mass is 536 g/mol. The molecule has 38 heavy (non-hydrogen) atoms. The summed E-state index contributed by atoms with van der Waals surface area (Å²) in [5, 5.41) is 41.7. The third-order valence-corrected chi connectivity index (χ3v) is 9.12. The van der Waals surface area contributed by atoms with Crippen LogP contribution in [0, 0.1) is 22.7 Å². The van der Waals surface area contributed by atoms with Gasteiger partial charge in [0.1, 0.15) is 24.9 Å². The largest absolute Gasteiger partial charge is 0.458 e. The molecule has 4 N–H and O–H groups in total. The van der Waals surface area contributed by atoms with E-state index in [4.69, 9.17) is 18.9 Å². The minimum absolute atomic E-state index is 0.00308. The molecule has 0 spiro atoms. The maximum atomic E-state index is 11.9. The molecule has 2 saturated carbocycles. The number of ether oxygens (including phenoxy) is 4. The molecule has 0 aromatic rings. The zero-order valence-corrected chi connectivity index (χ0v) is 22.2. The van der Waals surface area contributed by atoms with Crippen molar-refractivity contribution in [3.8, 4) is 0 Å². The molecule has 0 aromatic heterocycles. The lowest BCUT2D eigenvalue weighted by atomic mass is 9.46. The van der Waals surface area contributed by atoms with E-state index in [9.17, 15) is 30.0 Å². The van der Waals surface area contributed by atoms with Crippen LogP contribution < -0.4 is 0 Å². The number of fused-ring (bicyclic) bond motifs is 1. The fraction of sp³-hybridized carbons (Fsp3) is 0.714. The van der Waals surface area contributed by atoms with Crippen molar-refractivity contribution in [3.63, 3.8) is 0 Å². The Hall–Kier alpha value is -2.08. The van der Waals surface area contributed by atoms with E-state index in [1.165, 1.54) is 6.92 Å². The Morgan fingerprint density at radius 3 is 2.61 bits per heavy atom. The van der Waals surface area contributed by atoms with Gasteiger partial charge in [0.05, 0.1) is 24.9 Å². The van der Waals surface area contributed by atoms with E-state index < -0.39 is 54.8 Å². The van der Waals surface area contributed by atoms with Crippen LogP contribution in [0.2, 0.25) is 0 Å². The topological polar surface area (TPSA) is 152 Å². The highest BCUT2D eigenvalue weighted by molar-refractivity contribution is 5.93. The molecule has 212 valence electrons. The van der Waals surface area contributed by atoms with Gasteiger partial charge in [0.25, 0.3) is 0 Å². The molecular formula is C28H40O10. The first kappa shape index (κ1) is 28.9. The van der Waals surface area contributed by atoms with Crippen molar-refractivity contribution < 1.29 is 49.0 Å². The quantitative estimate of drug-likeness (QED) is 0.276. The predicted molar refractivity (Wildman–Crippen MR) is 134 cm³/mol. The number of rotatable bonds is 7. The second-order valence-electron chi connectivity index (χ2n) is 11.5. The lowest BCUT2D eigenvalue weighted by molar-refractivity contribution is -0.315. The number of hydrogen-bond donors (Lipinski definition) is 4. The van der Waals surface area contributed by atoms with E-state index in [0.29, 0.717) is 12.0 Å². The molecule has 0 aromatic carbocycles. The fourth-order valence-corrected chi connectivity index (χ4v) is 6.95. The van der Waals surface area contributed by atoms with Crippen molar-refractivity contribution in [3.05, 3.63) is 36.0 Å². The van der Waals surface area contributed by atoms with Gasteiger partial charge in [-0.1, -0.05) is 38.2 Å². The van der Waals surface area contributed by atoms with Crippen LogP contribution in [0.4, 0.5) is 0 Å². The van der Waals surface area contributed by atoms with Gasteiger partial charge in [0, 0.05) is 18.3 Å². The summed E-state index contributed by atoms with van der Waals surface area (Å²) in [6, 6.07) is 0. The number of allylic oxidation sites excluding steroid dienone is 2. The number of cyclic esters (lactones) is 1. The third kappa shape index (κ3) is 5.22. The van der Waals surface area contributed by atoms with Crippen LogP contribution in [0.15, 0.2) is 36.0 Å². The molecule has 0 bridgehead atoms. The van der Waals surface area contributed by atoms with E-state index >= 15 is 0 Å². The average molecular weight is 537 g/mol. The first-order valence-corrected chi connectivity index (χ1v) is 13.2. The van der Waals surface area contributed by atoms with Crippen molar-refractivity contribution in [2.24, 2.45) is 22.7 Å². The Morgan fingerprint density at radius 2 is 1.97 bits per heavy atom. The van der Waals surface area contributed by atoms with Crippen molar-refractivity contribution in [2.45, 2.75) is 83.3 Å². The molecule has 1 saturated heterocycles. The van der Waals surface area contributed by atoms with Crippen molar-refractivity contribution in [1.82, 2.24) is 0 Å². The first-order valence-electron chi connectivity index (χ1n) is 13.2. The highest BCUT2D eigenvalue weighted by atomic mass is 16.7. The summed E-state index contributed by atoms with van der Waals surface area (Å²) in [7, 11) is 0. The molecule has 3 fully saturated rings. The summed E-state index contributed by atoms with van der Waals surface area (Å²) in [4.78, 5) is 23.6. The van der Waals surface area contributed by atoms with Gasteiger partial charge in [-0.15, -0.1) is 0 Å². The standard InChI is InChI=1S/C28H40O10/c1-15-5-8-20-27(3,18(15)7-6-17-10-12-35-25(17)34)11-9-21(31)28(20,4)14-36-26-24(37-16(2)30)23(33)22(32)19(13-29)38-26/h6-7,10,18-24,26,29,31-33H,1,5,8-9,11-14H2,2-4H3/b7-6+/t18-,19-,20+,21-,22-,23+,24-,26-,27+,28+/m1/s1. The molecular weight excluding hydrogens is 496 g/mol. The zero-order chi connectivity index (χ0) is 27.8. The number of carbonyl (C=O) groups excluding carboxylic acids is 2. The summed E-state index contributed by atoms with van der Waals surface area (Å²) in [5.74, 6) is -1.05. The highest BCUT2D eigenvalue weighted by Crippen LogP contribution is 2.61. The van der Waals surface area contributed by atoms with Crippen LogP contribution >= 0.6 is 0 Å². The second-order valence-corrected chi connectivity index (χ2v) is 11.5. The zero-order valence-electron chi connectivity index (χ0n) is 22.2. The summed E-state index contributed by atoms with van der Waals surface area (Å²) in [5.41, 5.74) is 0.583. The molecule has 0 unspecified atom stereocenters. The number of hydrogen-bond acceptors (Lipinski definition) is 10. The van der Waals surface area contributed by atoms with Gasteiger partial charge in [-0.25, -0.2) is 4.79 Å². The Balaban J connectivity index is 1.57. The van der Waals surface area contributed by atoms with Gasteiger partial charge in [-0.05, 0) is 43.1 Å². The normalized spacial score (nSPS) is 43.5. The Bertz CT molecular complexity index is 990. The van der Waals surface area contributed by atoms with Gasteiger partial charge in [-0.3, -0.25) is 4.79 Å². The van der Waals surface area contributed by atoms with Crippen LogP contribution in [0.3, 0.4) is 0 Å². The maximum Gasteiger partial charge on any atom is 0.338 e. The molecule has 4 aliphatic rings. The van der Waals surface area contributed by atoms with Crippen LogP contribution in [0.25, 0.3) is 0 Å². The molecule has 2 aliphatic carbocycles. The summed E-state index contributed by atoms with van der Waals surface area (Å²) >= 11 is 0. The Labute approximate surface area is 222 Å². The summed E-state index contributed by atoms with van der Waals surface area (Å²) in [6.45, 7) is 9.38. The lowest BCUT2D eigenvalue weighted by Crippen LogP contribution is -2.62. The Kier molecular flexibility index (Phi) is 8.52. The molecule has 2 heterocycles. The van der Waals surface area contributed by atoms with Crippen molar-refractivity contribution in [2.75, 3.05) is 19.8 Å². The number of aliphatic hydroxyl groups is 4. The minimum atomic E-state index is -1.52. The van der Waals surface area contributed by atoms with Crippen LogP contribution in [0.5, 0.6) is 0 Å². The van der Waals surface area contributed by atoms with Crippen molar-refractivity contribution >= 4 is 11.9 Å². The van der Waals surface area contributed by atoms with Gasteiger partial charge < -0.3 is 39.4 Å². The number of carbonyl (C=O) groups is 2. The smallest absolute Gasteiger partial charge is 0.338 e. The molecule has 4 rings (SSSR count). The summed E-state index contributed by atoms with van der Waals surface area (Å²) < 4.78 is 22.0. The predicted octanol–water partition coefficient (Wildman–Crippen LogP) is 1.16. The van der Waals surface area contributed by atoms with E-state index in [2.05, 4.69) is 13.5 Å². The van der Waals surface area contributed by atoms with Crippen LogP contribution in [-0.4, -0.2) is 89.0 Å². The molecule has 0 amide bonds. The Morgan fingerprint density at radius 1 is 1.24 bits per heavy atom. The SMILES string of the molecule is C=C1CC[C@@H]2[C@](C)(CO[C@@H]3O[C@H](CO)[C@@H](O)[C@H](O)[C@H]3OC(C)=O)[C@H](O)CC[C@@]2(C)[C@@H]1/C=C/C1=CCOC1=O. The minimum Gasteiger partial charge on any atom is -0.458 e. The highest BCUT2D eigenvalue weighted by Gasteiger charge is 2.58. The summed E-state index contributed by atoms with van der Waals surface area (Å²) in [6.07, 6.45) is 1.02. The van der Waals surface area contributed by atoms with E-state index in [-0.39, 0.29) is 36.4 Å². The van der Waals surface area contributed by atoms with E-state index in [0.717, 1.165) is 24.8 Å². The van der Waals surface area contributed by atoms with E-state index in [1.54, 1.807) is 12.2 Å². The average Bonchev–Trinajstić information content (AvgIpc) is 3.28. The van der Waals surface area contributed by atoms with Gasteiger partial charge >= 0.3 is 11.9 Å². The molecule has 0 radical (unpaired) electrons. The van der Waals surface area contributed by atoms with Gasteiger partial charge in [0.15, 0.2) is 12.4 Å².